The summed E-state index contributed by atoms with van der Waals surface area (Å²) in [7, 11) is -3.83. The molecule has 0 saturated carbocycles. The van der Waals surface area contributed by atoms with Crippen molar-refractivity contribution in [2.45, 2.75) is 44.4 Å². The SMILES string of the molecule is C=P(O)(O)O[C@H]1[C@H](N2CCCC2=O)c2cc(C#N)ccc2OC1(C)C. The fraction of sp³-hybridized carbons (Fsp3) is 0.471. The molecule has 0 bridgehead atoms. The maximum absolute atomic E-state index is 12.4. The zero-order chi connectivity index (χ0) is 18.4. The fourth-order valence-corrected chi connectivity index (χ4v) is 4.22. The third-order valence-corrected chi connectivity index (χ3v) is 5.10. The Morgan fingerprint density at radius 1 is 1.48 bits per heavy atom. The van der Waals surface area contributed by atoms with Crippen LogP contribution in [0.3, 0.4) is 0 Å². The van der Waals surface area contributed by atoms with Crippen LogP contribution >= 0.6 is 7.57 Å². The molecule has 1 aromatic carbocycles. The zero-order valence-corrected chi connectivity index (χ0v) is 15.1. The number of ether oxygens (including phenoxy) is 1. The summed E-state index contributed by atoms with van der Waals surface area (Å²) in [5.74, 6) is 0.519. The number of hydrogen-bond acceptors (Lipinski definition) is 6. The molecular weight excluding hydrogens is 343 g/mol. The number of nitrogens with zero attached hydrogens (tertiary/aromatic N) is 2. The summed E-state index contributed by atoms with van der Waals surface area (Å²) >= 11 is 0. The highest BCUT2D eigenvalue weighted by Crippen LogP contribution is 2.51. The quantitative estimate of drug-likeness (QED) is 0.795. The van der Waals surface area contributed by atoms with Gasteiger partial charge in [0.1, 0.15) is 17.5 Å². The minimum Gasteiger partial charge on any atom is -0.485 e. The van der Waals surface area contributed by atoms with Crippen molar-refractivity contribution in [3.63, 3.8) is 0 Å². The molecule has 3 rings (SSSR count). The number of carbonyl (C=O) groups is 1. The molecule has 2 aliphatic rings. The molecule has 0 aliphatic carbocycles. The van der Waals surface area contributed by atoms with Crippen LogP contribution in [0.4, 0.5) is 0 Å². The molecule has 0 spiro atoms. The minimum absolute atomic E-state index is 0.0338. The van der Waals surface area contributed by atoms with Gasteiger partial charge >= 0.3 is 0 Å². The van der Waals surface area contributed by atoms with Gasteiger partial charge in [0, 0.05) is 18.5 Å². The van der Waals surface area contributed by atoms with Crippen molar-refractivity contribution < 1.29 is 23.8 Å². The van der Waals surface area contributed by atoms with Gasteiger partial charge in [-0.2, -0.15) is 5.26 Å². The Morgan fingerprint density at radius 2 is 2.20 bits per heavy atom. The minimum atomic E-state index is -3.83. The van der Waals surface area contributed by atoms with Gasteiger partial charge in [-0.1, -0.05) is 0 Å². The Bertz CT molecular complexity index is 795. The van der Waals surface area contributed by atoms with Gasteiger partial charge in [0.25, 0.3) is 0 Å². The van der Waals surface area contributed by atoms with Crippen LogP contribution in [0.15, 0.2) is 18.2 Å². The number of carbonyl (C=O) groups excluding carboxylic acids is 1. The summed E-state index contributed by atoms with van der Waals surface area (Å²) in [5, 5.41) is 9.21. The molecule has 2 N–H and O–H groups in total. The summed E-state index contributed by atoms with van der Waals surface area (Å²) in [4.78, 5) is 33.7. The van der Waals surface area contributed by atoms with Crippen LogP contribution in [0.5, 0.6) is 5.75 Å². The topological polar surface area (TPSA) is 103 Å². The van der Waals surface area contributed by atoms with Crippen LogP contribution in [0.1, 0.15) is 43.9 Å². The van der Waals surface area contributed by atoms with E-state index >= 15 is 0 Å². The molecule has 1 saturated heterocycles. The van der Waals surface area contributed by atoms with E-state index in [1.165, 1.54) is 0 Å². The largest absolute Gasteiger partial charge is 0.485 e. The lowest BCUT2D eigenvalue weighted by Gasteiger charge is -2.47. The van der Waals surface area contributed by atoms with Crippen molar-refractivity contribution >= 4 is 19.8 Å². The van der Waals surface area contributed by atoms with Gasteiger partial charge in [0.05, 0.1) is 17.7 Å². The van der Waals surface area contributed by atoms with E-state index < -0.39 is 25.3 Å². The van der Waals surface area contributed by atoms with Gasteiger partial charge in [0.2, 0.25) is 13.5 Å². The second-order valence-electron chi connectivity index (χ2n) is 6.90. The zero-order valence-electron chi connectivity index (χ0n) is 14.2. The molecule has 0 radical (unpaired) electrons. The van der Waals surface area contributed by atoms with Crippen LogP contribution in [0, 0.1) is 11.3 Å². The van der Waals surface area contributed by atoms with Crippen LogP contribution in [-0.2, 0) is 9.32 Å². The molecule has 2 heterocycles. The van der Waals surface area contributed by atoms with Gasteiger partial charge in [-0.25, -0.2) is 0 Å². The Morgan fingerprint density at radius 3 is 2.76 bits per heavy atom. The summed E-state index contributed by atoms with van der Waals surface area (Å²) in [6, 6.07) is 6.51. The first-order chi connectivity index (χ1) is 11.6. The van der Waals surface area contributed by atoms with Crippen molar-refractivity contribution in [2.75, 3.05) is 6.54 Å². The first kappa shape index (κ1) is 18.0. The molecular formula is C17H21N2O5P. The molecule has 134 valence electrons. The molecule has 1 aromatic rings. The van der Waals surface area contributed by atoms with Crippen molar-refractivity contribution in [3.05, 3.63) is 29.3 Å². The van der Waals surface area contributed by atoms with Gasteiger partial charge in [-0.3, -0.25) is 4.79 Å². The third-order valence-electron chi connectivity index (χ3n) is 4.53. The summed E-state index contributed by atoms with van der Waals surface area (Å²) in [5.41, 5.74) is 0.136. The van der Waals surface area contributed by atoms with E-state index in [0.29, 0.717) is 29.8 Å². The molecule has 0 aromatic heterocycles. The standard InChI is InChI=1S/C17H21N2O5P/c1-17(2)16(24-25(3,21)22)15(19-8-4-5-14(19)20)12-9-11(10-18)6-7-13(12)23-17/h6-7,9,15-16,21-22H,3-5,8H2,1-2H3/t15-,16+/m1/s1. The van der Waals surface area contributed by atoms with Gasteiger partial charge < -0.3 is 23.9 Å². The highest BCUT2D eigenvalue weighted by Gasteiger charge is 2.50. The molecule has 1 amide bonds. The predicted molar refractivity (Wildman–Crippen MR) is 92.9 cm³/mol. The lowest BCUT2D eigenvalue weighted by molar-refractivity contribution is -0.138. The van der Waals surface area contributed by atoms with E-state index in [9.17, 15) is 19.8 Å². The van der Waals surface area contributed by atoms with E-state index in [2.05, 4.69) is 12.4 Å². The van der Waals surface area contributed by atoms with Crippen LogP contribution in [0.2, 0.25) is 0 Å². The second kappa shape index (κ2) is 6.15. The van der Waals surface area contributed by atoms with Crippen LogP contribution in [-0.4, -0.2) is 45.1 Å². The molecule has 8 heteroatoms. The summed E-state index contributed by atoms with van der Waals surface area (Å²) in [6.45, 7) is 4.07. The average molecular weight is 364 g/mol. The van der Waals surface area contributed by atoms with Crippen molar-refractivity contribution in [2.24, 2.45) is 0 Å². The number of hydrogen-bond donors (Lipinski definition) is 2. The first-order valence-electron chi connectivity index (χ1n) is 8.02. The second-order valence-corrected chi connectivity index (χ2v) is 8.44. The fourth-order valence-electron chi connectivity index (χ4n) is 3.49. The Kier molecular flexibility index (Phi) is 4.42. The normalized spacial score (nSPS) is 25.2. The number of nitriles is 1. The van der Waals surface area contributed by atoms with Gasteiger partial charge in [-0.15, -0.1) is 0 Å². The van der Waals surface area contributed by atoms with Gasteiger partial charge in [-0.05, 0) is 44.8 Å². The highest BCUT2D eigenvalue weighted by molar-refractivity contribution is 7.57. The summed E-state index contributed by atoms with van der Waals surface area (Å²) in [6.07, 6.45) is 3.61. The Labute approximate surface area is 146 Å². The number of amides is 1. The average Bonchev–Trinajstić information content (AvgIpc) is 2.92. The maximum Gasteiger partial charge on any atom is 0.245 e. The number of fused-ring (bicyclic) bond motifs is 1. The van der Waals surface area contributed by atoms with Crippen molar-refractivity contribution in [1.29, 1.82) is 5.26 Å². The van der Waals surface area contributed by atoms with E-state index in [1.807, 2.05) is 0 Å². The molecule has 2 atom stereocenters. The lowest BCUT2D eigenvalue weighted by Crippen LogP contribution is -2.54. The van der Waals surface area contributed by atoms with Crippen LogP contribution in [0.25, 0.3) is 0 Å². The Hall–Kier alpha value is -1.84. The smallest absolute Gasteiger partial charge is 0.245 e. The lowest BCUT2D eigenvalue weighted by atomic mass is 9.85. The van der Waals surface area contributed by atoms with Crippen molar-refractivity contribution in [1.82, 2.24) is 4.90 Å². The van der Waals surface area contributed by atoms with E-state index in [4.69, 9.17) is 9.26 Å². The molecule has 25 heavy (non-hydrogen) atoms. The third kappa shape index (κ3) is 3.44. The monoisotopic (exact) mass is 364 g/mol. The molecule has 0 unspecified atom stereocenters. The van der Waals surface area contributed by atoms with E-state index in [0.717, 1.165) is 6.42 Å². The molecule has 7 nitrogen and oxygen atoms in total. The summed E-state index contributed by atoms with van der Waals surface area (Å²) < 4.78 is 11.5. The number of benzene rings is 1. The molecule has 2 aliphatic heterocycles. The van der Waals surface area contributed by atoms with E-state index in [1.54, 1.807) is 36.9 Å². The predicted octanol–water partition coefficient (Wildman–Crippen LogP) is 1.96. The number of likely N-dealkylation sites (tertiary alicyclic amines) is 1. The van der Waals surface area contributed by atoms with Gasteiger partial charge in [0.15, 0.2) is 0 Å². The molecule has 1 fully saturated rings. The van der Waals surface area contributed by atoms with Crippen LogP contribution < -0.4 is 4.74 Å². The van der Waals surface area contributed by atoms with E-state index in [-0.39, 0.29) is 5.91 Å². The van der Waals surface area contributed by atoms with Crippen molar-refractivity contribution in [3.8, 4) is 11.8 Å². The Balaban J connectivity index is 2.16. The highest BCUT2D eigenvalue weighted by atomic mass is 31.2. The first-order valence-corrected chi connectivity index (χ1v) is 9.82. The maximum atomic E-state index is 12.4. The number of rotatable bonds is 3.